The van der Waals surface area contributed by atoms with Gasteiger partial charge in [-0.25, -0.2) is 19.4 Å². The second-order valence-electron chi connectivity index (χ2n) is 10.2. The fourth-order valence-corrected chi connectivity index (χ4v) is 3.68. The molecule has 4 aromatic rings. The van der Waals surface area contributed by atoms with Crippen molar-refractivity contribution in [2.24, 2.45) is 0 Å². The SMILES string of the molecule is CNc1cc(Oc2ccc(NC(=O)Nc3cc(C(C)(C)C)nn3-c3ccc(CN(C)C)cc3)cc2)ncn1. The zero-order chi connectivity index (χ0) is 27.3. The maximum Gasteiger partial charge on any atom is 0.324 e. The van der Waals surface area contributed by atoms with Crippen molar-refractivity contribution in [3.63, 3.8) is 0 Å². The van der Waals surface area contributed by atoms with E-state index in [2.05, 4.69) is 63.7 Å². The van der Waals surface area contributed by atoms with E-state index in [1.165, 1.54) is 11.9 Å². The number of anilines is 3. The molecule has 2 heterocycles. The van der Waals surface area contributed by atoms with Crippen LogP contribution in [0.1, 0.15) is 32.0 Å². The van der Waals surface area contributed by atoms with E-state index >= 15 is 0 Å². The Morgan fingerprint density at radius 2 is 1.68 bits per heavy atom. The molecule has 2 amide bonds. The molecule has 0 aliphatic heterocycles. The molecule has 38 heavy (non-hydrogen) atoms. The number of benzene rings is 2. The fourth-order valence-electron chi connectivity index (χ4n) is 3.68. The summed E-state index contributed by atoms with van der Waals surface area (Å²) in [6, 6.07) is 18.4. The van der Waals surface area contributed by atoms with Gasteiger partial charge in [0.05, 0.1) is 11.4 Å². The van der Waals surface area contributed by atoms with Gasteiger partial charge in [0.15, 0.2) is 0 Å². The summed E-state index contributed by atoms with van der Waals surface area (Å²) in [4.78, 5) is 23.2. The smallest absolute Gasteiger partial charge is 0.324 e. The van der Waals surface area contributed by atoms with Crippen molar-refractivity contribution in [3.8, 4) is 17.3 Å². The van der Waals surface area contributed by atoms with Crippen LogP contribution in [-0.2, 0) is 12.0 Å². The molecule has 3 N–H and O–H groups in total. The maximum atomic E-state index is 12.9. The number of amides is 2. The zero-order valence-electron chi connectivity index (χ0n) is 22.6. The summed E-state index contributed by atoms with van der Waals surface area (Å²) in [7, 11) is 5.85. The van der Waals surface area contributed by atoms with Gasteiger partial charge >= 0.3 is 6.03 Å². The number of nitrogens with zero attached hydrogens (tertiary/aromatic N) is 5. The summed E-state index contributed by atoms with van der Waals surface area (Å²) in [5.74, 6) is 2.24. The number of hydrogen-bond acceptors (Lipinski definition) is 7. The lowest BCUT2D eigenvalue weighted by molar-refractivity contribution is 0.262. The third kappa shape index (κ3) is 6.86. The van der Waals surface area contributed by atoms with Crippen molar-refractivity contribution >= 4 is 23.4 Å². The van der Waals surface area contributed by atoms with E-state index in [1.54, 1.807) is 42.1 Å². The number of hydrogen-bond donors (Lipinski definition) is 3. The van der Waals surface area contributed by atoms with Crippen LogP contribution < -0.4 is 20.7 Å². The number of carbonyl (C=O) groups excluding carboxylic acids is 1. The van der Waals surface area contributed by atoms with Crippen molar-refractivity contribution in [1.82, 2.24) is 24.6 Å². The highest BCUT2D eigenvalue weighted by molar-refractivity contribution is 5.99. The van der Waals surface area contributed by atoms with Crippen LogP contribution in [0, 0.1) is 0 Å². The number of rotatable bonds is 8. The second kappa shape index (κ2) is 11.3. The summed E-state index contributed by atoms with van der Waals surface area (Å²) in [5, 5.41) is 13.6. The van der Waals surface area contributed by atoms with Crippen LogP contribution in [0.2, 0.25) is 0 Å². The first-order valence-electron chi connectivity index (χ1n) is 12.3. The van der Waals surface area contributed by atoms with Crippen LogP contribution in [0.3, 0.4) is 0 Å². The molecule has 0 aliphatic carbocycles. The van der Waals surface area contributed by atoms with Crippen molar-refractivity contribution in [1.29, 1.82) is 0 Å². The third-order valence-corrected chi connectivity index (χ3v) is 5.63. The lowest BCUT2D eigenvalue weighted by Gasteiger charge is -2.14. The molecule has 10 nitrogen and oxygen atoms in total. The average Bonchev–Trinajstić information content (AvgIpc) is 3.30. The van der Waals surface area contributed by atoms with Gasteiger partial charge in [-0.1, -0.05) is 32.9 Å². The number of ether oxygens (including phenoxy) is 1. The Bertz CT molecular complexity index is 1370. The molecule has 10 heteroatoms. The van der Waals surface area contributed by atoms with E-state index in [1.807, 2.05) is 32.3 Å². The Morgan fingerprint density at radius 3 is 2.32 bits per heavy atom. The number of urea groups is 1. The zero-order valence-corrected chi connectivity index (χ0v) is 22.6. The highest BCUT2D eigenvalue weighted by atomic mass is 16.5. The van der Waals surface area contributed by atoms with Crippen LogP contribution in [0.15, 0.2) is 67.0 Å². The summed E-state index contributed by atoms with van der Waals surface area (Å²) in [6.45, 7) is 7.12. The van der Waals surface area contributed by atoms with Crippen LogP contribution in [0.25, 0.3) is 5.69 Å². The predicted molar refractivity (Wildman–Crippen MR) is 150 cm³/mol. The van der Waals surface area contributed by atoms with E-state index < -0.39 is 0 Å². The summed E-state index contributed by atoms with van der Waals surface area (Å²) < 4.78 is 7.53. The molecule has 0 radical (unpaired) electrons. The van der Waals surface area contributed by atoms with Crippen LogP contribution in [0.4, 0.5) is 22.1 Å². The number of aromatic nitrogens is 4. The Morgan fingerprint density at radius 1 is 0.974 bits per heavy atom. The Labute approximate surface area is 223 Å². The molecule has 0 spiro atoms. The Balaban J connectivity index is 1.47. The van der Waals surface area contributed by atoms with Crippen molar-refractivity contribution in [2.75, 3.05) is 37.1 Å². The van der Waals surface area contributed by atoms with Crippen molar-refractivity contribution < 1.29 is 9.53 Å². The van der Waals surface area contributed by atoms with Crippen molar-refractivity contribution in [3.05, 3.63) is 78.2 Å². The minimum atomic E-state index is -0.376. The van der Waals surface area contributed by atoms with Gasteiger partial charge in [-0.15, -0.1) is 0 Å². The van der Waals surface area contributed by atoms with Gasteiger partial charge in [0.1, 0.15) is 23.7 Å². The van der Waals surface area contributed by atoms with E-state index in [0.29, 0.717) is 29.0 Å². The van der Waals surface area contributed by atoms with E-state index in [9.17, 15) is 4.79 Å². The third-order valence-electron chi connectivity index (χ3n) is 5.63. The van der Waals surface area contributed by atoms with E-state index in [0.717, 1.165) is 17.9 Å². The van der Waals surface area contributed by atoms with Gasteiger partial charge < -0.3 is 20.3 Å². The first-order valence-corrected chi connectivity index (χ1v) is 12.3. The first kappa shape index (κ1) is 26.6. The molecule has 0 atom stereocenters. The molecule has 0 unspecified atom stereocenters. The van der Waals surface area contributed by atoms with Gasteiger partial charge in [0.2, 0.25) is 5.88 Å². The van der Waals surface area contributed by atoms with Crippen LogP contribution in [0.5, 0.6) is 11.6 Å². The topological polar surface area (TPSA) is 109 Å². The first-order chi connectivity index (χ1) is 18.1. The molecule has 0 saturated heterocycles. The van der Waals surface area contributed by atoms with Crippen molar-refractivity contribution in [2.45, 2.75) is 32.7 Å². The van der Waals surface area contributed by atoms with Crippen LogP contribution in [-0.4, -0.2) is 51.8 Å². The van der Waals surface area contributed by atoms with Gasteiger partial charge in [0.25, 0.3) is 0 Å². The van der Waals surface area contributed by atoms with Gasteiger partial charge in [-0.05, 0) is 56.1 Å². The lowest BCUT2D eigenvalue weighted by Crippen LogP contribution is -2.21. The van der Waals surface area contributed by atoms with Gasteiger partial charge in [-0.3, -0.25) is 5.32 Å². The summed E-state index contributed by atoms with van der Waals surface area (Å²) >= 11 is 0. The highest BCUT2D eigenvalue weighted by Crippen LogP contribution is 2.27. The quantitative estimate of drug-likeness (QED) is 0.285. The summed E-state index contributed by atoms with van der Waals surface area (Å²) in [5.41, 5.74) is 3.37. The van der Waals surface area contributed by atoms with Crippen LogP contribution >= 0.6 is 0 Å². The normalized spacial score (nSPS) is 11.3. The monoisotopic (exact) mass is 514 g/mol. The molecule has 0 aliphatic rings. The molecule has 4 rings (SSSR count). The summed E-state index contributed by atoms with van der Waals surface area (Å²) in [6.07, 6.45) is 1.43. The molecule has 0 saturated carbocycles. The number of carbonyl (C=O) groups is 1. The Hall–Kier alpha value is -4.44. The molecular formula is C28H34N8O2. The van der Waals surface area contributed by atoms with E-state index in [4.69, 9.17) is 9.84 Å². The molecule has 0 bridgehead atoms. The minimum absolute atomic E-state index is 0.184. The fraction of sp³-hybridized carbons (Fsp3) is 0.286. The Kier molecular flexibility index (Phi) is 7.92. The number of nitrogens with one attached hydrogen (secondary N) is 3. The molecule has 2 aromatic heterocycles. The molecule has 2 aromatic carbocycles. The molecule has 198 valence electrons. The van der Waals surface area contributed by atoms with E-state index in [-0.39, 0.29) is 11.4 Å². The predicted octanol–water partition coefficient (Wildman–Crippen LogP) is 5.50. The van der Waals surface area contributed by atoms with Gasteiger partial charge in [0, 0.05) is 36.8 Å². The molecule has 0 fully saturated rings. The van der Waals surface area contributed by atoms with Gasteiger partial charge in [-0.2, -0.15) is 5.10 Å². The standard InChI is InChI=1S/C28H34N8O2/c1-28(2,3)23-15-25(36(34-23)21-11-7-19(8-12-21)17-35(5)6)33-27(37)32-20-9-13-22(14-10-20)38-26-16-24(29-4)30-18-31-26/h7-16,18H,17H2,1-6H3,(H,29,30,31)(H2,32,33,37). The average molecular weight is 515 g/mol. The lowest BCUT2D eigenvalue weighted by atomic mass is 9.92. The second-order valence-corrected chi connectivity index (χ2v) is 10.2. The largest absolute Gasteiger partial charge is 0.439 e. The highest BCUT2D eigenvalue weighted by Gasteiger charge is 2.21. The minimum Gasteiger partial charge on any atom is -0.439 e. The maximum absolute atomic E-state index is 12.9. The molecular weight excluding hydrogens is 480 g/mol.